The van der Waals surface area contributed by atoms with Gasteiger partial charge in [-0.25, -0.2) is 9.97 Å². The van der Waals surface area contributed by atoms with Crippen LogP contribution in [0.4, 0.5) is 5.82 Å². The smallest absolute Gasteiger partial charge is 0.147 e. The number of fused-ring (bicyclic) bond motifs is 1. The fourth-order valence-electron chi connectivity index (χ4n) is 3.77. The first-order valence-corrected chi connectivity index (χ1v) is 13.0. The van der Waals surface area contributed by atoms with Gasteiger partial charge in [-0.3, -0.25) is 0 Å². The third-order valence-corrected chi connectivity index (χ3v) is 7.22. The van der Waals surface area contributed by atoms with Crippen molar-refractivity contribution >= 4 is 24.9 Å². The van der Waals surface area contributed by atoms with Crippen molar-refractivity contribution in [2.75, 3.05) is 31.1 Å². The van der Waals surface area contributed by atoms with Crippen LogP contribution in [0.15, 0.2) is 18.6 Å². The van der Waals surface area contributed by atoms with Crippen LogP contribution >= 0.6 is 0 Å². The van der Waals surface area contributed by atoms with Crippen LogP contribution in [-0.4, -0.2) is 54.4 Å². The van der Waals surface area contributed by atoms with E-state index in [-0.39, 0.29) is 0 Å². The van der Waals surface area contributed by atoms with Crippen LogP contribution in [0.2, 0.25) is 25.7 Å². The number of hydrogen-bond donors (Lipinski definition) is 1. The highest BCUT2D eigenvalue weighted by molar-refractivity contribution is 6.76. The topological polar surface area (TPSA) is 55.2 Å². The van der Waals surface area contributed by atoms with E-state index in [4.69, 9.17) is 4.74 Å². The summed E-state index contributed by atoms with van der Waals surface area (Å²) in [6, 6.07) is 3.32. The molecule has 1 unspecified atom stereocenters. The van der Waals surface area contributed by atoms with E-state index in [1.165, 1.54) is 18.9 Å². The van der Waals surface area contributed by atoms with Gasteiger partial charge in [0.25, 0.3) is 0 Å². The van der Waals surface area contributed by atoms with Crippen molar-refractivity contribution in [3.63, 3.8) is 0 Å². The van der Waals surface area contributed by atoms with Crippen molar-refractivity contribution in [1.82, 2.24) is 19.9 Å². The molecule has 7 heteroatoms. The molecule has 1 spiro atoms. The average molecular weight is 360 g/mol. The summed E-state index contributed by atoms with van der Waals surface area (Å²) in [5.74, 6) is 1.07. The molecular formula is C18H29N5OSi. The summed E-state index contributed by atoms with van der Waals surface area (Å²) >= 11 is 0. The van der Waals surface area contributed by atoms with Crippen molar-refractivity contribution in [3.05, 3.63) is 18.6 Å². The molecule has 4 heterocycles. The molecule has 2 saturated heterocycles. The summed E-state index contributed by atoms with van der Waals surface area (Å²) < 4.78 is 8.00. The number of hydrogen-bond acceptors (Lipinski definition) is 5. The molecule has 2 aromatic heterocycles. The monoisotopic (exact) mass is 359 g/mol. The molecule has 0 amide bonds. The minimum Gasteiger partial charge on any atom is -0.361 e. The predicted octanol–water partition coefficient (Wildman–Crippen LogP) is 2.69. The molecule has 0 radical (unpaired) electrons. The molecule has 2 fully saturated rings. The molecule has 2 aliphatic rings. The van der Waals surface area contributed by atoms with Gasteiger partial charge in [0.1, 0.15) is 24.5 Å². The molecule has 0 saturated carbocycles. The zero-order chi connectivity index (χ0) is 17.5. The number of ether oxygens (including phenoxy) is 1. The molecule has 0 aromatic carbocycles. The molecule has 136 valence electrons. The SMILES string of the molecule is C[Si](C)(C)CCOCn1ccc2c(N3CCC4(CCN4)C3)ncnc21. The van der Waals surface area contributed by atoms with E-state index in [2.05, 4.69) is 56.7 Å². The second kappa shape index (κ2) is 6.37. The summed E-state index contributed by atoms with van der Waals surface area (Å²) in [5, 5.41) is 4.75. The highest BCUT2D eigenvalue weighted by Crippen LogP contribution is 2.34. The van der Waals surface area contributed by atoms with Crippen LogP contribution in [-0.2, 0) is 11.5 Å². The summed E-state index contributed by atoms with van der Waals surface area (Å²) in [6.07, 6.45) is 6.25. The number of nitrogens with one attached hydrogen (secondary N) is 1. The lowest BCUT2D eigenvalue weighted by atomic mass is 9.87. The Morgan fingerprint density at radius 2 is 2.12 bits per heavy atom. The van der Waals surface area contributed by atoms with Crippen molar-refractivity contribution in [2.24, 2.45) is 0 Å². The Morgan fingerprint density at radius 1 is 1.28 bits per heavy atom. The first kappa shape index (κ1) is 17.0. The summed E-state index contributed by atoms with van der Waals surface area (Å²) in [5.41, 5.74) is 1.31. The van der Waals surface area contributed by atoms with Crippen molar-refractivity contribution < 1.29 is 4.74 Å². The van der Waals surface area contributed by atoms with Crippen LogP contribution in [0.1, 0.15) is 12.8 Å². The van der Waals surface area contributed by atoms with Gasteiger partial charge in [-0.2, -0.15) is 0 Å². The van der Waals surface area contributed by atoms with Gasteiger partial charge in [-0.05, 0) is 31.5 Å². The van der Waals surface area contributed by atoms with Gasteiger partial charge in [-0.1, -0.05) is 19.6 Å². The lowest BCUT2D eigenvalue weighted by molar-refractivity contribution is 0.0899. The standard InChI is InChI=1S/C18H29N5OSi/c1-25(2,3)11-10-24-14-23-8-4-15-16(19-13-20-17(15)23)22-9-6-18(12-22)5-7-21-18/h4,8,13,21H,5-7,9-12,14H2,1-3H3. The van der Waals surface area contributed by atoms with E-state index in [0.717, 1.165) is 43.1 Å². The fourth-order valence-corrected chi connectivity index (χ4v) is 4.52. The Balaban J connectivity index is 1.47. The van der Waals surface area contributed by atoms with Crippen LogP contribution in [0.5, 0.6) is 0 Å². The highest BCUT2D eigenvalue weighted by Gasteiger charge is 2.43. The van der Waals surface area contributed by atoms with Gasteiger partial charge in [0.2, 0.25) is 0 Å². The maximum atomic E-state index is 5.90. The summed E-state index contributed by atoms with van der Waals surface area (Å²) in [7, 11) is -1.04. The van der Waals surface area contributed by atoms with E-state index in [1.807, 2.05) is 0 Å². The van der Waals surface area contributed by atoms with Crippen LogP contribution < -0.4 is 10.2 Å². The van der Waals surface area contributed by atoms with Gasteiger partial charge in [0, 0.05) is 39.5 Å². The van der Waals surface area contributed by atoms with E-state index < -0.39 is 8.07 Å². The average Bonchev–Trinajstić information content (AvgIpc) is 3.15. The number of aromatic nitrogens is 3. The van der Waals surface area contributed by atoms with Gasteiger partial charge in [0.15, 0.2) is 0 Å². The van der Waals surface area contributed by atoms with Crippen LogP contribution in [0.25, 0.3) is 11.0 Å². The molecule has 1 N–H and O–H groups in total. The molecule has 4 rings (SSSR count). The maximum absolute atomic E-state index is 5.90. The highest BCUT2D eigenvalue weighted by atomic mass is 28.3. The van der Waals surface area contributed by atoms with Crippen LogP contribution in [0.3, 0.4) is 0 Å². The van der Waals surface area contributed by atoms with Gasteiger partial charge in [-0.15, -0.1) is 0 Å². The van der Waals surface area contributed by atoms with Gasteiger partial charge in [0.05, 0.1) is 5.39 Å². The molecular weight excluding hydrogens is 330 g/mol. The van der Waals surface area contributed by atoms with Gasteiger partial charge >= 0.3 is 0 Å². The first-order valence-electron chi connectivity index (χ1n) is 9.33. The van der Waals surface area contributed by atoms with E-state index in [1.54, 1.807) is 6.33 Å². The van der Waals surface area contributed by atoms with Crippen molar-refractivity contribution in [2.45, 2.75) is 50.8 Å². The Morgan fingerprint density at radius 3 is 2.80 bits per heavy atom. The molecule has 6 nitrogen and oxygen atoms in total. The van der Waals surface area contributed by atoms with Crippen molar-refractivity contribution in [3.8, 4) is 0 Å². The third kappa shape index (κ3) is 3.45. The van der Waals surface area contributed by atoms with E-state index >= 15 is 0 Å². The Hall–Kier alpha value is -1.44. The number of anilines is 1. The Labute approximate surface area is 150 Å². The largest absolute Gasteiger partial charge is 0.361 e. The first-order chi connectivity index (χ1) is 12.0. The molecule has 0 bridgehead atoms. The van der Waals surface area contributed by atoms with E-state index in [9.17, 15) is 0 Å². The van der Waals surface area contributed by atoms with Gasteiger partial charge < -0.3 is 19.5 Å². The zero-order valence-electron chi connectivity index (χ0n) is 15.6. The second-order valence-electron chi connectivity index (χ2n) is 8.70. The number of nitrogens with zero attached hydrogens (tertiary/aromatic N) is 4. The minimum absolute atomic E-state index is 0.333. The molecule has 2 aromatic rings. The second-order valence-corrected chi connectivity index (χ2v) is 14.3. The zero-order valence-corrected chi connectivity index (χ0v) is 16.6. The Kier molecular flexibility index (Phi) is 4.33. The number of rotatable bonds is 6. The molecule has 2 aliphatic heterocycles. The summed E-state index contributed by atoms with van der Waals surface area (Å²) in [6.45, 7) is 11.8. The van der Waals surface area contributed by atoms with Crippen LogP contribution in [0, 0.1) is 0 Å². The molecule has 0 aliphatic carbocycles. The predicted molar refractivity (Wildman–Crippen MR) is 104 cm³/mol. The molecule has 25 heavy (non-hydrogen) atoms. The van der Waals surface area contributed by atoms with Crippen molar-refractivity contribution in [1.29, 1.82) is 0 Å². The minimum atomic E-state index is -1.04. The van der Waals surface area contributed by atoms with E-state index in [0.29, 0.717) is 12.3 Å². The third-order valence-electron chi connectivity index (χ3n) is 5.52. The maximum Gasteiger partial charge on any atom is 0.147 e. The Bertz CT molecular complexity index is 749. The summed E-state index contributed by atoms with van der Waals surface area (Å²) in [4.78, 5) is 11.5. The quantitative estimate of drug-likeness (QED) is 0.635. The fraction of sp³-hybridized carbons (Fsp3) is 0.667. The molecule has 1 atom stereocenters. The lowest BCUT2D eigenvalue weighted by Gasteiger charge is -2.39. The lowest BCUT2D eigenvalue weighted by Crippen LogP contribution is -2.58. The normalized spacial score (nSPS) is 23.6.